The van der Waals surface area contributed by atoms with Crippen molar-refractivity contribution in [2.24, 2.45) is 0 Å². The Hall–Kier alpha value is -4.31. The molecule has 8 nitrogen and oxygen atoms in total. The topological polar surface area (TPSA) is 78.9 Å². The van der Waals surface area contributed by atoms with Gasteiger partial charge < -0.3 is 19.4 Å². The van der Waals surface area contributed by atoms with Crippen LogP contribution in [-0.4, -0.2) is 71.6 Å². The maximum absolute atomic E-state index is 13.4. The number of thiophene rings is 1. The molecule has 0 atom stereocenters. The zero-order chi connectivity index (χ0) is 27.2. The SMILES string of the molecule is COc1cccc(-c2ccc(N3CCN(C(=O)CN(Cc4ccc(F)cc4)C(=O)c4cccs4)CC3)nn2)c1. The van der Waals surface area contributed by atoms with Crippen molar-refractivity contribution in [3.8, 4) is 17.0 Å². The molecular weight excluding hydrogens is 517 g/mol. The van der Waals surface area contributed by atoms with Gasteiger partial charge in [-0.25, -0.2) is 4.39 Å². The van der Waals surface area contributed by atoms with Gasteiger partial charge in [-0.2, -0.15) is 0 Å². The minimum absolute atomic E-state index is 0.0524. The van der Waals surface area contributed by atoms with Crippen molar-refractivity contribution in [1.29, 1.82) is 0 Å². The molecule has 0 bridgehead atoms. The summed E-state index contributed by atoms with van der Waals surface area (Å²) in [7, 11) is 1.63. The number of amides is 2. The van der Waals surface area contributed by atoms with E-state index in [0.29, 0.717) is 31.1 Å². The molecule has 10 heteroatoms. The van der Waals surface area contributed by atoms with E-state index in [-0.39, 0.29) is 30.7 Å². The van der Waals surface area contributed by atoms with Crippen LogP contribution in [0.1, 0.15) is 15.2 Å². The van der Waals surface area contributed by atoms with E-state index in [1.165, 1.54) is 28.4 Å². The van der Waals surface area contributed by atoms with E-state index in [1.807, 2.05) is 41.8 Å². The number of benzene rings is 2. The molecule has 1 saturated heterocycles. The number of ether oxygens (including phenoxy) is 1. The highest BCUT2D eigenvalue weighted by Gasteiger charge is 2.26. The van der Waals surface area contributed by atoms with E-state index in [2.05, 4.69) is 15.1 Å². The molecule has 0 unspecified atom stereocenters. The number of rotatable bonds is 8. The van der Waals surface area contributed by atoms with Crippen LogP contribution in [0.4, 0.5) is 10.2 Å². The number of methoxy groups -OCH3 is 1. The Kier molecular flexibility index (Phi) is 8.12. The molecule has 1 aliphatic heterocycles. The summed E-state index contributed by atoms with van der Waals surface area (Å²) in [5.41, 5.74) is 2.43. The van der Waals surface area contributed by atoms with Gasteiger partial charge in [-0.1, -0.05) is 30.3 Å². The van der Waals surface area contributed by atoms with Crippen LogP contribution in [0, 0.1) is 5.82 Å². The van der Waals surface area contributed by atoms with Crippen LogP contribution in [0.5, 0.6) is 5.75 Å². The van der Waals surface area contributed by atoms with Gasteiger partial charge in [0.25, 0.3) is 5.91 Å². The molecule has 3 heterocycles. The molecule has 0 spiro atoms. The van der Waals surface area contributed by atoms with Crippen LogP contribution in [-0.2, 0) is 11.3 Å². The first-order chi connectivity index (χ1) is 19.0. The molecule has 0 aliphatic carbocycles. The smallest absolute Gasteiger partial charge is 0.264 e. The van der Waals surface area contributed by atoms with Gasteiger partial charge in [-0.15, -0.1) is 21.5 Å². The average molecular weight is 546 g/mol. The zero-order valence-electron chi connectivity index (χ0n) is 21.5. The molecule has 1 fully saturated rings. The van der Waals surface area contributed by atoms with Crippen molar-refractivity contribution in [2.45, 2.75) is 6.54 Å². The molecule has 5 rings (SSSR count). The monoisotopic (exact) mass is 545 g/mol. The lowest BCUT2D eigenvalue weighted by Gasteiger charge is -2.36. The largest absolute Gasteiger partial charge is 0.497 e. The fourth-order valence-electron chi connectivity index (χ4n) is 4.44. The van der Waals surface area contributed by atoms with E-state index in [4.69, 9.17) is 4.74 Å². The molecule has 0 saturated carbocycles. The number of piperazine rings is 1. The summed E-state index contributed by atoms with van der Waals surface area (Å²) in [5.74, 6) is 0.823. The van der Waals surface area contributed by atoms with Crippen molar-refractivity contribution < 1.29 is 18.7 Å². The summed E-state index contributed by atoms with van der Waals surface area (Å²) in [4.78, 5) is 32.4. The second kappa shape index (κ2) is 12.0. The second-order valence-corrected chi connectivity index (χ2v) is 10.1. The number of carbonyl (C=O) groups is 2. The molecule has 0 radical (unpaired) electrons. The summed E-state index contributed by atoms with van der Waals surface area (Å²) in [6.07, 6.45) is 0. The molecular formula is C29H28FN5O3S. The number of aromatic nitrogens is 2. The number of hydrogen-bond donors (Lipinski definition) is 0. The lowest BCUT2D eigenvalue weighted by Crippen LogP contribution is -2.52. The zero-order valence-corrected chi connectivity index (χ0v) is 22.3. The lowest BCUT2D eigenvalue weighted by atomic mass is 10.1. The number of hydrogen-bond acceptors (Lipinski definition) is 7. The van der Waals surface area contributed by atoms with E-state index >= 15 is 0 Å². The van der Waals surface area contributed by atoms with Gasteiger partial charge in [0.1, 0.15) is 18.1 Å². The summed E-state index contributed by atoms with van der Waals surface area (Å²) in [6.45, 7) is 2.40. The predicted molar refractivity (Wildman–Crippen MR) is 148 cm³/mol. The third kappa shape index (κ3) is 6.40. The van der Waals surface area contributed by atoms with Crippen LogP contribution in [0.25, 0.3) is 11.3 Å². The Morgan fingerprint density at radius 3 is 2.44 bits per heavy atom. The van der Waals surface area contributed by atoms with Crippen molar-refractivity contribution in [3.05, 3.63) is 94.4 Å². The lowest BCUT2D eigenvalue weighted by molar-refractivity contribution is -0.132. The number of nitrogens with zero attached hydrogens (tertiary/aromatic N) is 5. The minimum Gasteiger partial charge on any atom is -0.497 e. The predicted octanol–water partition coefficient (Wildman–Crippen LogP) is 4.34. The van der Waals surface area contributed by atoms with Gasteiger partial charge in [0.05, 0.1) is 17.7 Å². The van der Waals surface area contributed by atoms with Crippen LogP contribution >= 0.6 is 11.3 Å². The maximum atomic E-state index is 13.4. The van der Waals surface area contributed by atoms with E-state index in [9.17, 15) is 14.0 Å². The minimum atomic E-state index is -0.344. The molecule has 39 heavy (non-hydrogen) atoms. The molecule has 2 amide bonds. The molecule has 2 aromatic heterocycles. The highest BCUT2D eigenvalue weighted by Crippen LogP contribution is 2.23. The normalized spacial score (nSPS) is 13.3. The summed E-state index contributed by atoms with van der Waals surface area (Å²) >= 11 is 1.33. The van der Waals surface area contributed by atoms with E-state index < -0.39 is 0 Å². The summed E-state index contributed by atoms with van der Waals surface area (Å²) in [6, 6.07) is 21.1. The average Bonchev–Trinajstić information content (AvgIpc) is 3.53. The van der Waals surface area contributed by atoms with E-state index in [0.717, 1.165) is 28.4 Å². The van der Waals surface area contributed by atoms with Gasteiger partial charge in [0, 0.05) is 38.3 Å². The highest BCUT2D eigenvalue weighted by molar-refractivity contribution is 7.12. The Morgan fingerprint density at radius 1 is 0.974 bits per heavy atom. The standard InChI is InChI=1S/C29H28FN5O3S/c1-38-24-5-2-4-22(18-24)25-11-12-27(32-31-25)33-13-15-34(16-14-33)28(36)20-35(29(37)26-6-3-17-39-26)19-21-7-9-23(30)10-8-21/h2-12,17-18H,13-16,19-20H2,1H3. The molecule has 1 aliphatic rings. The Labute approximate surface area is 230 Å². The third-order valence-corrected chi connectivity index (χ3v) is 7.46. The van der Waals surface area contributed by atoms with Gasteiger partial charge in [0.2, 0.25) is 5.91 Å². The maximum Gasteiger partial charge on any atom is 0.264 e. The van der Waals surface area contributed by atoms with Crippen molar-refractivity contribution in [2.75, 3.05) is 44.7 Å². The quantitative estimate of drug-likeness (QED) is 0.328. The van der Waals surface area contributed by atoms with Crippen molar-refractivity contribution >= 4 is 29.0 Å². The first-order valence-corrected chi connectivity index (χ1v) is 13.5. The Bertz CT molecular complexity index is 1410. The van der Waals surface area contributed by atoms with Gasteiger partial charge in [-0.3, -0.25) is 9.59 Å². The third-order valence-electron chi connectivity index (χ3n) is 6.60. The molecule has 200 valence electrons. The Morgan fingerprint density at radius 2 is 1.77 bits per heavy atom. The number of halogens is 1. The van der Waals surface area contributed by atoms with Gasteiger partial charge >= 0.3 is 0 Å². The Balaban J connectivity index is 1.20. The molecule has 2 aromatic carbocycles. The first kappa shape index (κ1) is 26.3. The van der Waals surface area contributed by atoms with Crippen LogP contribution in [0.15, 0.2) is 78.2 Å². The van der Waals surface area contributed by atoms with Crippen LogP contribution in [0.2, 0.25) is 0 Å². The fraction of sp³-hybridized carbons (Fsp3) is 0.241. The first-order valence-electron chi connectivity index (χ1n) is 12.6. The van der Waals surface area contributed by atoms with Gasteiger partial charge in [0.15, 0.2) is 5.82 Å². The second-order valence-electron chi connectivity index (χ2n) is 9.14. The van der Waals surface area contributed by atoms with Crippen molar-refractivity contribution in [1.82, 2.24) is 20.0 Å². The van der Waals surface area contributed by atoms with Crippen LogP contribution < -0.4 is 9.64 Å². The fourth-order valence-corrected chi connectivity index (χ4v) is 5.14. The van der Waals surface area contributed by atoms with Crippen molar-refractivity contribution in [3.63, 3.8) is 0 Å². The highest BCUT2D eigenvalue weighted by atomic mass is 32.1. The summed E-state index contributed by atoms with van der Waals surface area (Å²) < 4.78 is 18.7. The number of anilines is 1. The van der Waals surface area contributed by atoms with Gasteiger partial charge in [-0.05, 0) is 53.4 Å². The summed E-state index contributed by atoms with van der Waals surface area (Å²) in [5, 5.41) is 10.6. The molecule has 0 N–H and O–H groups in total. The van der Waals surface area contributed by atoms with Crippen LogP contribution in [0.3, 0.4) is 0 Å². The van der Waals surface area contributed by atoms with E-state index in [1.54, 1.807) is 36.3 Å². The molecule has 4 aromatic rings. The number of carbonyl (C=O) groups excluding carboxylic acids is 2.